The van der Waals surface area contributed by atoms with Gasteiger partial charge in [-0.1, -0.05) is 32.4 Å². The van der Waals surface area contributed by atoms with Crippen molar-refractivity contribution in [1.29, 1.82) is 0 Å². The van der Waals surface area contributed by atoms with E-state index in [4.69, 9.17) is 0 Å². The lowest BCUT2D eigenvalue weighted by atomic mass is 10.0. The van der Waals surface area contributed by atoms with Crippen LogP contribution < -0.4 is 5.32 Å². The summed E-state index contributed by atoms with van der Waals surface area (Å²) in [6.45, 7) is 4.02. The number of carbonyl (C=O) groups is 1. The van der Waals surface area contributed by atoms with E-state index in [1.165, 1.54) is 18.2 Å². The van der Waals surface area contributed by atoms with Crippen LogP contribution in [0.4, 0.5) is 4.39 Å². The molecule has 0 aromatic heterocycles. The van der Waals surface area contributed by atoms with Gasteiger partial charge in [0.1, 0.15) is 5.82 Å². The summed E-state index contributed by atoms with van der Waals surface area (Å²) >= 11 is 0. The van der Waals surface area contributed by atoms with Crippen LogP contribution in [0.2, 0.25) is 0 Å². The highest BCUT2D eigenvalue weighted by Crippen LogP contribution is 2.17. The number of nitrogens with one attached hydrogen (secondary N) is 1. The maximum absolute atomic E-state index is 13.0. The third-order valence-corrected chi connectivity index (χ3v) is 3.42. The molecule has 0 saturated carbocycles. The normalized spacial score (nSPS) is 15.4. The molecule has 3 unspecified atom stereocenters. The van der Waals surface area contributed by atoms with Crippen molar-refractivity contribution in [2.75, 3.05) is 6.54 Å². The monoisotopic (exact) mass is 283 g/mol. The van der Waals surface area contributed by atoms with Gasteiger partial charge in [-0.15, -0.1) is 0 Å². The summed E-state index contributed by atoms with van der Waals surface area (Å²) in [4.78, 5) is 11.7. The van der Waals surface area contributed by atoms with Crippen LogP contribution in [0.1, 0.15) is 38.4 Å². The highest BCUT2D eigenvalue weighted by atomic mass is 19.1. The number of rotatable bonds is 7. The third kappa shape index (κ3) is 5.27. The van der Waals surface area contributed by atoms with E-state index in [1.54, 1.807) is 6.07 Å². The number of aliphatic hydroxyl groups is 2. The molecule has 0 spiro atoms. The number of aliphatic hydroxyl groups excluding tert-OH is 2. The Labute approximate surface area is 118 Å². The molecule has 0 bridgehead atoms. The van der Waals surface area contributed by atoms with Crippen LogP contribution in [0, 0.1) is 11.7 Å². The molecule has 1 amide bonds. The first-order chi connectivity index (χ1) is 9.43. The van der Waals surface area contributed by atoms with E-state index in [2.05, 4.69) is 5.32 Å². The molecule has 0 radical (unpaired) electrons. The van der Waals surface area contributed by atoms with Crippen molar-refractivity contribution in [3.8, 4) is 0 Å². The average molecular weight is 283 g/mol. The molecular formula is C15H22FNO3. The second-order valence-electron chi connectivity index (χ2n) is 5.03. The first kappa shape index (κ1) is 16.6. The smallest absolute Gasteiger partial charge is 0.223 e. The Balaban J connectivity index is 2.42. The SMILES string of the molecule is CCC(C)C(O)CNC(=O)CC(O)c1cccc(F)c1. The number of halogens is 1. The Morgan fingerprint density at radius 2 is 2.10 bits per heavy atom. The lowest BCUT2D eigenvalue weighted by Gasteiger charge is -2.18. The minimum Gasteiger partial charge on any atom is -0.391 e. The van der Waals surface area contributed by atoms with Crippen molar-refractivity contribution in [3.63, 3.8) is 0 Å². The minimum atomic E-state index is -1.05. The number of carbonyl (C=O) groups excluding carboxylic acids is 1. The van der Waals surface area contributed by atoms with Gasteiger partial charge in [-0.25, -0.2) is 4.39 Å². The van der Waals surface area contributed by atoms with Gasteiger partial charge in [-0.2, -0.15) is 0 Å². The second-order valence-corrected chi connectivity index (χ2v) is 5.03. The minimum absolute atomic E-state index is 0.100. The largest absolute Gasteiger partial charge is 0.391 e. The molecule has 4 nitrogen and oxygen atoms in total. The zero-order valence-electron chi connectivity index (χ0n) is 11.8. The first-order valence-corrected chi connectivity index (χ1v) is 6.82. The van der Waals surface area contributed by atoms with Gasteiger partial charge in [0.25, 0.3) is 0 Å². The maximum atomic E-state index is 13.0. The van der Waals surface area contributed by atoms with E-state index >= 15 is 0 Å². The summed E-state index contributed by atoms with van der Waals surface area (Å²) in [6, 6.07) is 5.53. The number of benzene rings is 1. The predicted octanol–water partition coefficient (Wildman–Crippen LogP) is 1.77. The lowest BCUT2D eigenvalue weighted by molar-refractivity contribution is -0.123. The Hall–Kier alpha value is -1.46. The van der Waals surface area contributed by atoms with Crippen molar-refractivity contribution in [3.05, 3.63) is 35.6 Å². The van der Waals surface area contributed by atoms with Crippen molar-refractivity contribution in [1.82, 2.24) is 5.32 Å². The van der Waals surface area contributed by atoms with Crippen LogP contribution in [0.5, 0.6) is 0 Å². The van der Waals surface area contributed by atoms with Gasteiger partial charge in [-0.3, -0.25) is 4.79 Å². The van der Waals surface area contributed by atoms with Gasteiger partial charge < -0.3 is 15.5 Å². The molecule has 0 fully saturated rings. The summed E-state index contributed by atoms with van der Waals surface area (Å²) in [5.74, 6) is -0.721. The summed E-state index contributed by atoms with van der Waals surface area (Å²) in [5, 5.41) is 22.1. The van der Waals surface area contributed by atoms with Gasteiger partial charge in [0.15, 0.2) is 0 Å². The molecule has 3 N–H and O–H groups in total. The van der Waals surface area contributed by atoms with Gasteiger partial charge in [0, 0.05) is 6.54 Å². The summed E-state index contributed by atoms with van der Waals surface area (Å²) in [7, 11) is 0. The molecule has 1 aromatic carbocycles. The zero-order valence-corrected chi connectivity index (χ0v) is 11.8. The van der Waals surface area contributed by atoms with Crippen molar-refractivity contribution < 1.29 is 19.4 Å². The highest BCUT2D eigenvalue weighted by molar-refractivity contribution is 5.76. The Morgan fingerprint density at radius 1 is 1.40 bits per heavy atom. The van der Waals surface area contributed by atoms with Gasteiger partial charge in [0.2, 0.25) is 5.91 Å². The third-order valence-electron chi connectivity index (χ3n) is 3.42. The van der Waals surface area contributed by atoms with Gasteiger partial charge in [0.05, 0.1) is 18.6 Å². The van der Waals surface area contributed by atoms with E-state index < -0.39 is 18.0 Å². The van der Waals surface area contributed by atoms with E-state index in [0.717, 1.165) is 6.42 Å². The van der Waals surface area contributed by atoms with E-state index in [9.17, 15) is 19.4 Å². The first-order valence-electron chi connectivity index (χ1n) is 6.82. The van der Waals surface area contributed by atoms with Crippen LogP contribution in [-0.4, -0.2) is 28.8 Å². The lowest BCUT2D eigenvalue weighted by Crippen LogP contribution is -2.35. The Kier molecular flexibility index (Phi) is 6.61. The van der Waals surface area contributed by atoms with Crippen LogP contribution in [0.25, 0.3) is 0 Å². The molecule has 0 heterocycles. The summed E-state index contributed by atoms with van der Waals surface area (Å²) in [5.41, 5.74) is 0.364. The molecule has 112 valence electrons. The summed E-state index contributed by atoms with van der Waals surface area (Å²) < 4.78 is 13.0. The number of amides is 1. The fourth-order valence-corrected chi connectivity index (χ4v) is 1.77. The molecule has 5 heteroatoms. The Morgan fingerprint density at radius 3 is 2.70 bits per heavy atom. The molecule has 0 saturated heterocycles. The maximum Gasteiger partial charge on any atom is 0.223 e. The fraction of sp³-hybridized carbons (Fsp3) is 0.533. The highest BCUT2D eigenvalue weighted by Gasteiger charge is 2.16. The molecule has 3 atom stereocenters. The second kappa shape index (κ2) is 7.97. The zero-order chi connectivity index (χ0) is 15.1. The Bertz CT molecular complexity index is 439. The molecule has 0 aliphatic carbocycles. The summed E-state index contributed by atoms with van der Waals surface area (Å²) in [6.07, 6.45) is -0.985. The number of hydrogen-bond donors (Lipinski definition) is 3. The topological polar surface area (TPSA) is 69.6 Å². The van der Waals surface area contributed by atoms with Crippen molar-refractivity contribution in [2.45, 2.75) is 38.9 Å². The van der Waals surface area contributed by atoms with Crippen LogP contribution in [0.3, 0.4) is 0 Å². The molecule has 0 aliphatic heterocycles. The predicted molar refractivity (Wildman–Crippen MR) is 74.4 cm³/mol. The fourth-order valence-electron chi connectivity index (χ4n) is 1.77. The van der Waals surface area contributed by atoms with Crippen molar-refractivity contribution >= 4 is 5.91 Å². The quantitative estimate of drug-likeness (QED) is 0.714. The van der Waals surface area contributed by atoms with Gasteiger partial charge >= 0.3 is 0 Å². The molecular weight excluding hydrogens is 261 g/mol. The van der Waals surface area contributed by atoms with Crippen molar-refractivity contribution in [2.24, 2.45) is 5.92 Å². The van der Waals surface area contributed by atoms with Crippen LogP contribution >= 0.6 is 0 Å². The van der Waals surface area contributed by atoms with E-state index in [1.807, 2.05) is 13.8 Å². The molecule has 1 rings (SSSR count). The van der Waals surface area contributed by atoms with Gasteiger partial charge in [-0.05, 0) is 23.6 Å². The van der Waals surface area contributed by atoms with E-state index in [-0.39, 0.29) is 24.8 Å². The van der Waals surface area contributed by atoms with Crippen LogP contribution in [0.15, 0.2) is 24.3 Å². The molecule has 20 heavy (non-hydrogen) atoms. The molecule has 1 aromatic rings. The molecule has 0 aliphatic rings. The van der Waals surface area contributed by atoms with Crippen LogP contribution in [-0.2, 0) is 4.79 Å². The standard InChI is InChI=1S/C15H22FNO3/c1-3-10(2)14(19)9-17-15(20)8-13(18)11-5-4-6-12(16)7-11/h4-7,10,13-14,18-19H,3,8-9H2,1-2H3,(H,17,20). The number of hydrogen-bond acceptors (Lipinski definition) is 3. The average Bonchev–Trinajstić information content (AvgIpc) is 2.43. The van der Waals surface area contributed by atoms with E-state index in [0.29, 0.717) is 5.56 Å².